The fraction of sp³-hybridized carbons (Fsp3) is 0.308. The van der Waals surface area contributed by atoms with Gasteiger partial charge in [0.25, 0.3) is 0 Å². The fourth-order valence-corrected chi connectivity index (χ4v) is 3.27. The molecule has 1 aromatic heterocycles. The van der Waals surface area contributed by atoms with Gasteiger partial charge in [0.1, 0.15) is 0 Å². The van der Waals surface area contributed by atoms with Crippen LogP contribution in [0.15, 0.2) is 29.3 Å². The second kappa shape index (κ2) is 5.46. The van der Waals surface area contributed by atoms with Gasteiger partial charge in [0.15, 0.2) is 9.84 Å². The molecule has 0 fully saturated rings. The lowest BCUT2D eigenvalue weighted by Crippen LogP contribution is -2.08. The van der Waals surface area contributed by atoms with Crippen LogP contribution in [0.1, 0.15) is 11.3 Å². The van der Waals surface area contributed by atoms with E-state index in [2.05, 4.69) is 10.4 Å². The minimum atomic E-state index is -3.31. The summed E-state index contributed by atoms with van der Waals surface area (Å²) >= 11 is 6.12. The molecule has 2 rings (SSSR count). The molecule has 0 saturated heterocycles. The SMILES string of the molecule is Cc1nn(C)cc1NCc1c(Cl)cccc1S(C)(=O)=O. The number of nitrogens with one attached hydrogen (secondary N) is 1. The van der Waals surface area contributed by atoms with Crippen molar-refractivity contribution in [1.29, 1.82) is 0 Å². The highest BCUT2D eigenvalue weighted by Crippen LogP contribution is 2.25. The zero-order chi connectivity index (χ0) is 14.9. The van der Waals surface area contributed by atoms with Crippen LogP contribution in [0, 0.1) is 6.92 Å². The summed E-state index contributed by atoms with van der Waals surface area (Å²) < 4.78 is 25.3. The summed E-state index contributed by atoms with van der Waals surface area (Å²) in [4.78, 5) is 0.249. The van der Waals surface area contributed by atoms with Gasteiger partial charge in [-0.2, -0.15) is 5.10 Å². The Bertz CT molecular complexity index is 738. The van der Waals surface area contributed by atoms with Crippen molar-refractivity contribution < 1.29 is 8.42 Å². The molecule has 7 heteroatoms. The molecule has 0 aliphatic carbocycles. The van der Waals surface area contributed by atoms with Crippen molar-refractivity contribution in [3.8, 4) is 0 Å². The average Bonchev–Trinajstić information content (AvgIpc) is 2.65. The summed E-state index contributed by atoms with van der Waals surface area (Å²) in [5, 5.41) is 7.82. The van der Waals surface area contributed by atoms with E-state index in [4.69, 9.17) is 11.6 Å². The Morgan fingerprint density at radius 1 is 1.40 bits per heavy atom. The molecular weight excluding hydrogens is 298 g/mol. The maximum atomic E-state index is 11.8. The van der Waals surface area contributed by atoms with E-state index in [1.165, 1.54) is 6.26 Å². The molecule has 1 heterocycles. The molecule has 1 aromatic carbocycles. The van der Waals surface area contributed by atoms with E-state index in [0.29, 0.717) is 17.1 Å². The van der Waals surface area contributed by atoms with Crippen LogP contribution in [0.5, 0.6) is 0 Å². The topological polar surface area (TPSA) is 64.0 Å². The molecule has 0 radical (unpaired) electrons. The van der Waals surface area contributed by atoms with Gasteiger partial charge in [-0.05, 0) is 19.1 Å². The van der Waals surface area contributed by atoms with Crippen molar-refractivity contribution in [3.05, 3.63) is 40.7 Å². The van der Waals surface area contributed by atoms with Crippen LogP contribution in [-0.4, -0.2) is 24.5 Å². The third kappa shape index (κ3) is 3.13. The van der Waals surface area contributed by atoms with Gasteiger partial charge in [-0.25, -0.2) is 8.42 Å². The number of nitrogens with zero attached hydrogens (tertiary/aromatic N) is 2. The van der Waals surface area contributed by atoms with Crippen LogP contribution in [-0.2, 0) is 23.4 Å². The van der Waals surface area contributed by atoms with E-state index in [-0.39, 0.29) is 4.90 Å². The summed E-state index contributed by atoms with van der Waals surface area (Å²) in [6.07, 6.45) is 3.02. The molecule has 1 N–H and O–H groups in total. The Hall–Kier alpha value is -1.53. The molecule has 2 aromatic rings. The predicted octanol–water partition coefficient (Wildman–Crippen LogP) is 2.40. The van der Waals surface area contributed by atoms with E-state index in [1.54, 1.807) is 22.9 Å². The van der Waals surface area contributed by atoms with Gasteiger partial charge < -0.3 is 5.32 Å². The maximum absolute atomic E-state index is 11.8. The number of aryl methyl sites for hydroxylation is 2. The highest BCUT2D eigenvalue weighted by atomic mass is 35.5. The molecule has 0 aliphatic heterocycles. The highest BCUT2D eigenvalue weighted by Gasteiger charge is 2.16. The van der Waals surface area contributed by atoms with Crippen LogP contribution >= 0.6 is 11.6 Å². The first-order valence-electron chi connectivity index (χ1n) is 6.00. The average molecular weight is 314 g/mol. The summed E-state index contributed by atoms with van der Waals surface area (Å²) in [5.41, 5.74) is 2.27. The smallest absolute Gasteiger partial charge is 0.175 e. The third-order valence-corrected chi connectivity index (χ3v) is 4.48. The predicted molar refractivity (Wildman–Crippen MR) is 79.8 cm³/mol. The number of anilines is 1. The lowest BCUT2D eigenvalue weighted by atomic mass is 10.2. The summed E-state index contributed by atoms with van der Waals surface area (Å²) in [5.74, 6) is 0. The molecule has 0 spiro atoms. The van der Waals surface area contributed by atoms with Crippen LogP contribution in [0.4, 0.5) is 5.69 Å². The number of aromatic nitrogens is 2. The molecular formula is C13H16ClN3O2S. The molecule has 0 aliphatic rings. The number of rotatable bonds is 4. The fourth-order valence-electron chi connectivity index (χ4n) is 2.01. The minimum absolute atomic E-state index is 0.249. The van der Waals surface area contributed by atoms with Crippen LogP contribution in [0.2, 0.25) is 5.02 Å². The number of halogens is 1. The Balaban J connectivity index is 2.32. The van der Waals surface area contributed by atoms with Gasteiger partial charge in [0.2, 0.25) is 0 Å². The molecule has 0 saturated carbocycles. The summed E-state index contributed by atoms with van der Waals surface area (Å²) in [6, 6.07) is 4.88. The standard InChI is InChI=1S/C13H16ClN3O2S/c1-9-12(8-17(2)16-9)15-7-10-11(14)5-4-6-13(10)20(3,18)19/h4-6,8,15H,7H2,1-3H3. The van der Waals surface area contributed by atoms with E-state index in [9.17, 15) is 8.42 Å². The molecule has 108 valence electrons. The van der Waals surface area contributed by atoms with Crippen molar-refractivity contribution in [2.45, 2.75) is 18.4 Å². The van der Waals surface area contributed by atoms with Crippen LogP contribution in [0.25, 0.3) is 0 Å². The Morgan fingerprint density at radius 2 is 2.10 bits per heavy atom. The first-order chi connectivity index (χ1) is 9.29. The Morgan fingerprint density at radius 3 is 2.65 bits per heavy atom. The van der Waals surface area contributed by atoms with Crippen molar-refractivity contribution in [1.82, 2.24) is 9.78 Å². The first kappa shape index (κ1) is 14.9. The first-order valence-corrected chi connectivity index (χ1v) is 8.27. The van der Waals surface area contributed by atoms with E-state index in [1.807, 2.05) is 20.2 Å². The van der Waals surface area contributed by atoms with Crippen LogP contribution < -0.4 is 5.32 Å². The van der Waals surface area contributed by atoms with Gasteiger partial charge in [-0.3, -0.25) is 4.68 Å². The summed E-state index contributed by atoms with van der Waals surface area (Å²) in [6.45, 7) is 2.21. The van der Waals surface area contributed by atoms with E-state index < -0.39 is 9.84 Å². The zero-order valence-corrected chi connectivity index (χ0v) is 13.1. The Kier molecular flexibility index (Phi) is 4.06. The zero-order valence-electron chi connectivity index (χ0n) is 11.5. The van der Waals surface area contributed by atoms with Crippen molar-refractivity contribution >= 4 is 27.1 Å². The van der Waals surface area contributed by atoms with Gasteiger partial charge in [-0.1, -0.05) is 17.7 Å². The third-order valence-electron chi connectivity index (χ3n) is 2.94. The number of hydrogen-bond acceptors (Lipinski definition) is 4. The maximum Gasteiger partial charge on any atom is 0.175 e. The van der Waals surface area contributed by atoms with Gasteiger partial charge >= 0.3 is 0 Å². The largest absolute Gasteiger partial charge is 0.378 e. The van der Waals surface area contributed by atoms with Crippen molar-refractivity contribution in [2.24, 2.45) is 7.05 Å². The molecule has 0 amide bonds. The molecule has 0 atom stereocenters. The lowest BCUT2D eigenvalue weighted by Gasteiger charge is -2.11. The van der Waals surface area contributed by atoms with Crippen molar-refractivity contribution in [2.75, 3.05) is 11.6 Å². The molecule has 20 heavy (non-hydrogen) atoms. The van der Waals surface area contributed by atoms with E-state index in [0.717, 1.165) is 11.4 Å². The Labute approximate surface area is 123 Å². The second-order valence-electron chi connectivity index (χ2n) is 4.64. The number of sulfone groups is 1. The van der Waals surface area contributed by atoms with Gasteiger partial charge in [0, 0.05) is 36.6 Å². The monoisotopic (exact) mass is 313 g/mol. The number of benzene rings is 1. The summed E-state index contributed by atoms with van der Waals surface area (Å²) in [7, 11) is -1.48. The van der Waals surface area contributed by atoms with Crippen molar-refractivity contribution in [3.63, 3.8) is 0 Å². The normalized spacial score (nSPS) is 11.6. The molecule has 0 bridgehead atoms. The quantitative estimate of drug-likeness (QED) is 0.941. The minimum Gasteiger partial charge on any atom is -0.378 e. The highest BCUT2D eigenvalue weighted by molar-refractivity contribution is 7.90. The van der Waals surface area contributed by atoms with E-state index >= 15 is 0 Å². The van der Waals surface area contributed by atoms with Gasteiger partial charge in [-0.15, -0.1) is 0 Å². The molecule has 5 nitrogen and oxygen atoms in total. The number of hydrogen-bond donors (Lipinski definition) is 1. The van der Waals surface area contributed by atoms with Gasteiger partial charge in [0.05, 0.1) is 16.3 Å². The van der Waals surface area contributed by atoms with Crippen LogP contribution in [0.3, 0.4) is 0 Å². The second-order valence-corrected chi connectivity index (χ2v) is 7.04. The molecule has 0 unspecified atom stereocenters. The lowest BCUT2D eigenvalue weighted by molar-refractivity contribution is 0.601.